The van der Waals surface area contributed by atoms with Gasteiger partial charge in [-0.25, -0.2) is 0 Å². The molecule has 0 saturated carbocycles. The second-order valence-corrected chi connectivity index (χ2v) is 5.14. The second kappa shape index (κ2) is 5.76. The SMILES string of the molecule is CCC(=O)N1CCC(OC2NCNc3ccncc32)C1. The van der Waals surface area contributed by atoms with Gasteiger partial charge in [-0.2, -0.15) is 0 Å². The maximum Gasteiger partial charge on any atom is 0.222 e. The third-order valence-corrected chi connectivity index (χ3v) is 3.83. The van der Waals surface area contributed by atoms with Crippen LogP contribution in [0.25, 0.3) is 0 Å². The third kappa shape index (κ3) is 2.62. The van der Waals surface area contributed by atoms with Crippen molar-refractivity contribution in [3.05, 3.63) is 24.0 Å². The van der Waals surface area contributed by atoms with E-state index in [1.165, 1.54) is 0 Å². The molecule has 1 fully saturated rings. The molecule has 108 valence electrons. The van der Waals surface area contributed by atoms with E-state index < -0.39 is 0 Å². The van der Waals surface area contributed by atoms with Crippen molar-refractivity contribution < 1.29 is 9.53 Å². The van der Waals surface area contributed by atoms with Crippen LogP contribution in [-0.2, 0) is 9.53 Å². The average Bonchev–Trinajstić information content (AvgIpc) is 2.95. The molecule has 0 aromatic carbocycles. The summed E-state index contributed by atoms with van der Waals surface area (Å²) in [5, 5.41) is 6.54. The van der Waals surface area contributed by atoms with E-state index in [1.807, 2.05) is 24.1 Å². The van der Waals surface area contributed by atoms with E-state index in [1.54, 1.807) is 6.20 Å². The number of carbonyl (C=O) groups excluding carboxylic acids is 1. The topological polar surface area (TPSA) is 66.5 Å². The molecule has 0 radical (unpaired) electrons. The molecule has 2 N–H and O–H groups in total. The number of ether oxygens (including phenoxy) is 1. The standard InChI is InChI=1S/C14H20N4O2/c1-2-13(19)18-6-4-10(8-18)20-14-11-7-15-5-3-12(11)16-9-17-14/h3,5,7,10,14,16-17H,2,4,6,8-9H2,1H3. The van der Waals surface area contributed by atoms with Gasteiger partial charge in [-0.15, -0.1) is 0 Å². The number of anilines is 1. The van der Waals surface area contributed by atoms with E-state index in [0.29, 0.717) is 19.6 Å². The Morgan fingerprint density at radius 2 is 2.50 bits per heavy atom. The molecular formula is C14H20N4O2. The molecule has 2 aliphatic rings. The molecule has 3 rings (SSSR count). The molecule has 2 aliphatic heterocycles. The van der Waals surface area contributed by atoms with E-state index in [-0.39, 0.29) is 18.2 Å². The number of carbonyl (C=O) groups is 1. The Bertz CT molecular complexity index is 494. The van der Waals surface area contributed by atoms with E-state index in [9.17, 15) is 4.79 Å². The maximum absolute atomic E-state index is 11.7. The van der Waals surface area contributed by atoms with Crippen molar-refractivity contribution in [2.45, 2.75) is 32.1 Å². The Morgan fingerprint density at radius 1 is 1.60 bits per heavy atom. The highest BCUT2D eigenvalue weighted by Gasteiger charge is 2.30. The van der Waals surface area contributed by atoms with Crippen LogP contribution in [-0.4, -0.2) is 41.7 Å². The maximum atomic E-state index is 11.7. The zero-order chi connectivity index (χ0) is 13.9. The molecule has 1 aromatic rings. The molecule has 6 heteroatoms. The van der Waals surface area contributed by atoms with Crippen molar-refractivity contribution in [2.75, 3.05) is 25.1 Å². The Balaban J connectivity index is 1.64. The van der Waals surface area contributed by atoms with Gasteiger partial charge in [-0.05, 0) is 12.5 Å². The normalized spacial score (nSPS) is 25.1. The lowest BCUT2D eigenvalue weighted by molar-refractivity contribution is -0.130. The fourth-order valence-electron chi connectivity index (χ4n) is 2.73. The lowest BCUT2D eigenvalue weighted by Gasteiger charge is -2.29. The highest BCUT2D eigenvalue weighted by atomic mass is 16.5. The highest BCUT2D eigenvalue weighted by Crippen LogP contribution is 2.28. The summed E-state index contributed by atoms with van der Waals surface area (Å²) in [6, 6.07) is 1.95. The van der Waals surface area contributed by atoms with Crippen molar-refractivity contribution in [1.82, 2.24) is 15.2 Å². The molecule has 3 heterocycles. The number of pyridine rings is 1. The summed E-state index contributed by atoms with van der Waals surface area (Å²) in [6.45, 7) is 4.05. The minimum absolute atomic E-state index is 0.0918. The van der Waals surface area contributed by atoms with Crippen molar-refractivity contribution >= 4 is 11.6 Å². The van der Waals surface area contributed by atoms with Crippen molar-refractivity contribution in [3.63, 3.8) is 0 Å². The fraction of sp³-hybridized carbons (Fsp3) is 0.571. The van der Waals surface area contributed by atoms with Crippen molar-refractivity contribution in [3.8, 4) is 0 Å². The molecule has 0 aliphatic carbocycles. The van der Waals surface area contributed by atoms with Crippen molar-refractivity contribution in [1.29, 1.82) is 0 Å². The quantitative estimate of drug-likeness (QED) is 0.865. The number of fused-ring (bicyclic) bond motifs is 1. The summed E-state index contributed by atoms with van der Waals surface area (Å²) in [5.41, 5.74) is 2.09. The summed E-state index contributed by atoms with van der Waals surface area (Å²) in [6.07, 6.45) is 4.99. The number of likely N-dealkylation sites (tertiary alicyclic amines) is 1. The van der Waals surface area contributed by atoms with Crippen LogP contribution in [0.15, 0.2) is 18.5 Å². The fourth-order valence-corrected chi connectivity index (χ4v) is 2.73. The lowest BCUT2D eigenvalue weighted by Crippen LogP contribution is -2.37. The van der Waals surface area contributed by atoms with Gasteiger partial charge in [0.05, 0.1) is 12.8 Å². The average molecular weight is 276 g/mol. The number of aromatic nitrogens is 1. The van der Waals surface area contributed by atoms with Crippen LogP contribution >= 0.6 is 0 Å². The van der Waals surface area contributed by atoms with Gasteiger partial charge in [-0.1, -0.05) is 6.92 Å². The number of hydrogen-bond donors (Lipinski definition) is 2. The Hall–Kier alpha value is -1.66. The smallest absolute Gasteiger partial charge is 0.222 e. The molecule has 0 bridgehead atoms. The minimum Gasteiger partial charge on any atom is -0.372 e. The van der Waals surface area contributed by atoms with Gasteiger partial charge >= 0.3 is 0 Å². The van der Waals surface area contributed by atoms with Gasteiger partial charge in [-0.3, -0.25) is 15.1 Å². The van der Waals surface area contributed by atoms with Crippen LogP contribution < -0.4 is 10.6 Å². The molecular weight excluding hydrogens is 256 g/mol. The molecule has 20 heavy (non-hydrogen) atoms. The van der Waals surface area contributed by atoms with E-state index in [4.69, 9.17) is 4.74 Å². The van der Waals surface area contributed by atoms with Crippen LogP contribution in [0.4, 0.5) is 5.69 Å². The monoisotopic (exact) mass is 276 g/mol. The predicted molar refractivity (Wildman–Crippen MR) is 75.0 cm³/mol. The van der Waals surface area contributed by atoms with E-state index in [0.717, 1.165) is 24.2 Å². The first-order valence-corrected chi connectivity index (χ1v) is 7.12. The van der Waals surface area contributed by atoms with Gasteiger partial charge < -0.3 is 15.0 Å². The first kappa shape index (κ1) is 13.3. The molecule has 0 spiro atoms. The number of nitrogens with zero attached hydrogens (tertiary/aromatic N) is 2. The Kier molecular flexibility index (Phi) is 3.84. The summed E-state index contributed by atoms with van der Waals surface area (Å²) >= 11 is 0. The number of rotatable bonds is 3. The summed E-state index contributed by atoms with van der Waals surface area (Å²) in [5.74, 6) is 0.205. The van der Waals surface area contributed by atoms with Gasteiger partial charge in [0.15, 0.2) is 0 Å². The molecule has 2 atom stereocenters. The first-order chi connectivity index (χ1) is 9.78. The van der Waals surface area contributed by atoms with E-state index >= 15 is 0 Å². The number of amides is 1. The lowest BCUT2D eigenvalue weighted by atomic mass is 10.1. The summed E-state index contributed by atoms with van der Waals surface area (Å²) < 4.78 is 6.12. The van der Waals surface area contributed by atoms with Crippen LogP contribution in [0, 0.1) is 0 Å². The molecule has 1 saturated heterocycles. The van der Waals surface area contributed by atoms with Gasteiger partial charge in [0.25, 0.3) is 0 Å². The second-order valence-electron chi connectivity index (χ2n) is 5.14. The number of hydrogen-bond acceptors (Lipinski definition) is 5. The minimum atomic E-state index is -0.151. The highest BCUT2D eigenvalue weighted by molar-refractivity contribution is 5.76. The van der Waals surface area contributed by atoms with Crippen LogP contribution in [0.5, 0.6) is 0 Å². The van der Waals surface area contributed by atoms with Crippen LogP contribution in [0.2, 0.25) is 0 Å². The largest absolute Gasteiger partial charge is 0.372 e. The first-order valence-electron chi connectivity index (χ1n) is 7.12. The van der Waals surface area contributed by atoms with Gasteiger partial charge in [0.1, 0.15) is 6.23 Å². The van der Waals surface area contributed by atoms with Crippen LogP contribution in [0.1, 0.15) is 31.6 Å². The zero-order valence-corrected chi connectivity index (χ0v) is 11.6. The number of nitrogens with one attached hydrogen (secondary N) is 2. The molecule has 6 nitrogen and oxygen atoms in total. The Labute approximate surface area is 118 Å². The molecule has 2 unspecified atom stereocenters. The molecule has 1 aromatic heterocycles. The Morgan fingerprint density at radius 3 is 3.35 bits per heavy atom. The predicted octanol–water partition coefficient (Wildman–Crippen LogP) is 1.08. The third-order valence-electron chi connectivity index (χ3n) is 3.83. The van der Waals surface area contributed by atoms with Gasteiger partial charge in [0.2, 0.25) is 5.91 Å². The summed E-state index contributed by atoms with van der Waals surface area (Å²) in [7, 11) is 0. The van der Waals surface area contributed by atoms with E-state index in [2.05, 4.69) is 15.6 Å². The van der Waals surface area contributed by atoms with Crippen LogP contribution in [0.3, 0.4) is 0 Å². The molecule has 1 amide bonds. The summed E-state index contributed by atoms with van der Waals surface area (Å²) in [4.78, 5) is 17.7. The van der Waals surface area contributed by atoms with Gasteiger partial charge in [0, 0.05) is 43.2 Å². The zero-order valence-electron chi connectivity index (χ0n) is 11.6. The van der Waals surface area contributed by atoms with Crippen molar-refractivity contribution in [2.24, 2.45) is 0 Å².